The van der Waals surface area contributed by atoms with Crippen LogP contribution in [0.25, 0.3) is 11.0 Å². The van der Waals surface area contributed by atoms with Crippen molar-refractivity contribution in [3.63, 3.8) is 0 Å². The highest BCUT2D eigenvalue weighted by Crippen LogP contribution is 2.25. The van der Waals surface area contributed by atoms with Crippen LogP contribution >= 0.6 is 23.2 Å². The van der Waals surface area contributed by atoms with Crippen LogP contribution in [-0.4, -0.2) is 14.5 Å². The minimum absolute atomic E-state index is 0.0914. The third-order valence-electron chi connectivity index (χ3n) is 3.36. The van der Waals surface area contributed by atoms with Gasteiger partial charge in [0.15, 0.2) is 0 Å². The molecule has 3 nitrogen and oxygen atoms in total. The maximum Gasteiger partial charge on any atom is 0.144 e. The van der Waals surface area contributed by atoms with Gasteiger partial charge in [0.05, 0.1) is 21.9 Å². The van der Waals surface area contributed by atoms with Crippen molar-refractivity contribution < 1.29 is 4.39 Å². The Morgan fingerprint density at radius 2 is 1.95 bits per heavy atom. The lowest BCUT2D eigenvalue weighted by Gasteiger charge is -2.08. The summed E-state index contributed by atoms with van der Waals surface area (Å²) in [7, 11) is 0. The Bertz CT molecular complexity index is 771. The summed E-state index contributed by atoms with van der Waals surface area (Å²) in [6.07, 6.45) is 4.33. The zero-order valence-corrected chi connectivity index (χ0v) is 12.6. The van der Waals surface area contributed by atoms with Crippen LogP contribution in [-0.2, 0) is 18.8 Å². The Morgan fingerprint density at radius 3 is 2.67 bits per heavy atom. The molecule has 0 fully saturated rings. The molecule has 6 heteroatoms. The standard InChI is InChI=1S/C15H12Cl2FN3/c16-9-15-20-13-8-12(18)11(17)7-14(13)21(15)6-3-10-1-4-19-5-2-10/h1-2,4-5,7-8H,3,6,9H2. The quantitative estimate of drug-likeness (QED) is 0.673. The van der Waals surface area contributed by atoms with Crippen molar-refractivity contribution in [1.29, 1.82) is 0 Å². The average molecular weight is 324 g/mol. The van der Waals surface area contributed by atoms with Crippen molar-refractivity contribution in [3.8, 4) is 0 Å². The Balaban J connectivity index is 1.98. The fourth-order valence-corrected chi connectivity index (χ4v) is 2.67. The first-order valence-corrected chi connectivity index (χ1v) is 7.39. The normalized spacial score (nSPS) is 11.2. The number of hydrogen-bond acceptors (Lipinski definition) is 2. The lowest BCUT2D eigenvalue weighted by molar-refractivity contribution is 0.629. The second-order valence-electron chi connectivity index (χ2n) is 4.67. The first kappa shape index (κ1) is 14.3. The maximum atomic E-state index is 13.5. The van der Waals surface area contributed by atoms with E-state index in [0.29, 0.717) is 17.9 Å². The van der Waals surface area contributed by atoms with Gasteiger partial charge < -0.3 is 4.57 Å². The predicted octanol–water partition coefficient (Wildman–Crippen LogP) is 4.21. The van der Waals surface area contributed by atoms with E-state index in [-0.39, 0.29) is 10.9 Å². The maximum absolute atomic E-state index is 13.5. The van der Waals surface area contributed by atoms with Crippen LogP contribution < -0.4 is 0 Å². The lowest BCUT2D eigenvalue weighted by Crippen LogP contribution is -2.05. The second-order valence-corrected chi connectivity index (χ2v) is 5.35. The number of rotatable bonds is 4. The highest BCUT2D eigenvalue weighted by Gasteiger charge is 2.13. The molecule has 1 aromatic carbocycles. The molecule has 108 valence electrons. The second kappa shape index (κ2) is 6.00. The lowest BCUT2D eigenvalue weighted by atomic mass is 10.2. The number of imidazole rings is 1. The van der Waals surface area contributed by atoms with Crippen molar-refractivity contribution in [2.24, 2.45) is 0 Å². The summed E-state index contributed by atoms with van der Waals surface area (Å²) in [5.41, 5.74) is 2.54. The molecule has 0 saturated carbocycles. The number of aromatic nitrogens is 3. The van der Waals surface area contributed by atoms with Crippen LogP contribution in [0.2, 0.25) is 5.02 Å². The van der Waals surface area contributed by atoms with E-state index in [9.17, 15) is 4.39 Å². The van der Waals surface area contributed by atoms with Crippen LogP contribution in [0.15, 0.2) is 36.7 Å². The van der Waals surface area contributed by atoms with Crippen molar-refractivity contribution >= 4 is 34.2 Å². The molecule has 3 rings (SSSR count). The van der Waals surface area contributed by atoms with E-state index >= 15 is 0 Å². The zero-order valence-electron chi connectivity index (χ0n) is 11.1. The average Bonchev–Trinajstić information content (AvgIpc) is 2.83. The monoisotopic (exact) mass is 323 g/mol. The largest absolute Gasteiger partial charge is 0.327 e. The van der Waals surface area contributed by atoms with E-state index in [1.807, 2.05) is 16.7 Å². The summed E-state index contributed by atoms with van der Waals surface area (Å²) in [6.45, 7) is 0.699. The number of benzene rings is 1. The molecule has 21 heavy (non-hydrogen) atoms. The number of hydrogen-bond donors (Lipinski definition) is 0. The minimum atomic E-state index is -0.468. The molecule has 2 aromatic heterocycles. The van der Waals surface area contributed by atoms with Crippen LogP contribution in [0, 0.1) is 5.82 Å². The summed E-state index contributed by atoms with van der Waals surface area (Å²) in [6, 6.07) is 6.87. The summed E-state index contributed by atoms with van der Waals surface area (Å²) in [5.74, 6) is 0.510. The molecule has 3 aromatic rings. The van der Waals surface area contributed by atoms with Gasteiger partial charge in [-0.1, -0.05) is 11.6 Å². The number of fused-ring (bicyclic) bond motifs is 1. The summed E-state index contributed by atoms with van der Waals surface area (Å²) >= 11 is 11.8. The van der Waals surface area contributed by atoms with E-state index in [0.717, 1.165) is 11.9 Å². The van der Waals surface area contributed by atoms with Gasteiger partial charge in [0.25, 0.3) is 0 Å². The first-order valence-electron chi connectivity index (χ1n) is 6.48. The molecule has 0 atom stereocenters. The van der Waals surface area contributed by atoms with Gasteiger partial charge in [-0.2, -0.15) is 0 Å². The highest BCUT2D eigenvalue weighted by atomic mass is 35.5. The van der Waals surface area contributed by atoms with Crippen molar-refractivity contribution in [3.05, 3.63) is 58.9 Å². The van der Waals surface area contributed by atoms with Gasteiger partial charge in [-0.15, -0.1) is 11.6 Å². The summed E-state index contributed by atoms with van der Waals surface area (Å²) in [5, 5.41) is 0.0914. The molecule has 0 bridgehead atoms. The van der Waals surface area contributed by atoms with Crippen molar-refractivity contribution in [2.75, 3.05) is 0 Å². The molecule has 0 saturated heterocycles. The summed E-state index contributed by atoms with van der Waals surface area (Å²) < 4.78 is 15.5. The Kier molecular flexibility index (Phi) is 4.08. The molecule has 2 heterocycles. The van der Waals surface area contributed by atoms with Crippen molar-refractivity contribution in [2.45, 2.75) is 18.8 Å². The predicted molar refractivity (Wildman–Crippen MR) is 82.2 cm³/mol. The van der Waals surface area contributed by atoms with E-state index in [4.69, 9.17) is 23.2 Å². The van der Waals surface area contributed by atoms with Gasteiger partial charge in [-0.3, -0.25) is 4.98 Å². The van der Waals surface area contributed by atoms with Gasteiger partial charge in [-0.05, 0) is 30.2 Å². The number of halogens is 3. The minimum Gasteiger partial charge on any atom is -0.327 e. The number of pyridine rings is 1. The third kappa shape index (κ3) is 2.87. The Hall–Kier alpha value is -1.65. The van der Waals surface area contributed by atoms with Gasteiger partial charge in [-0.25, -0.2) is 9.37 Å². The Morgan fingerprint density at radius 1 is 1.19 bits per heavy atom. The zero-order chi connectivity index (χ0) is 14.8. The van der Waals surface area contributed by atoms with Crippen LogP contribution in [0.3, 0.4) is 0 Å². The van der Waals surface area contributed by atoms with E-state index in [1.54, 1.807) is 18.5 Å². The molecule has 0 spiro atoms. The molecular formula is C15H12Cl2FN3. The van der Waals surface area contributed by atoms with Gasteiger partial charge in [0.2, 0.25) is 0 Å². The van der Waals surface area contributed by atoms with Crippen LogP contribution in [0.1, 0.15) is 11.4 Å². The van der Waals surface area contributed by atoms with Gasteiger partial charge in [0, 0.05) is 25.0 Å². The van der Waals surface area contributed by atoms with E-state index in [1.165, 1.54) is 11.6 Å². The molecule has 0 N–H and O–H groups in total. The third-order valence-corrected chi connectivity index (χ3v) is 3.89. The molecule has 0 amide bonds. The topological polar surface area (TPSA) is 30.7 Å². The number of alkyl halides is 1. The molecule has 0 aliphatic rings. The van der Waals surface area contributed by atoms with E-state index in [2.05, 4.69) is 9.97 Å². The summed E-state index contributed by atoms with van der Waals surface area (Å²) in [4.78, 5) is 8.36. The van der Waals surface area contributed by atoms with Gasteiger partial charge >= 0.3 is 0 Å². The molecule has 0 aliphatic heterocycles. The number of nitrogens with zero attached hydrogens (tertiary/aromatic N) is 3. The molecule has 0 unspecified atom stereocenters. The molecule has 0 aliphatic carbocycles. The Labute approximate surface area is 131 Å². The van der Waals surface area contributed by atoms with Crippen LogP contribution in [0.5, 0.6) is 0 Å². The van der Waals surface area contributed by atoms with E-state index < -0.39 is 5.82 Å². The fraction of sp³-hybridized carbons (Fsp3) is 0.200. The fourth-order valence-electron chi connectivity index (χ4n) is 2.31. The van der Waals surface area contributed by atoms with Crippen molar-refractivity contribution in [1.82, 2.24) is 14.5 Å². The molecular weight excluding hydrogens is 312 g/mol. The highest BCUT2D eigenvalue weighted by molar-refractivity contribution is 6.31. The van der Waals surface area contributed by atoms with Gasteiger partial charge in [0.1, 0.15) is 11.6 Å². The number of aryl methyl sites for hydroxylation is 2. The SMILES string of the molecule is Fc1cc2nc(CCl)n(CCc3ccncc3)c2cc1Cl. The van der Waals surface area contributed by atoms with Crippen LogP contribution in [0.4, 0.5) is 4.39 Å². The first-order chi connectivity index (χ1) is 10.2. The molecule has 0 radical (unpaired) electrons. The smallest absolute Gasteiger partial charge is 0.144 e.